The van der Waals surface area contributed by atoms with Crippen molar-refractivity contribution in [3.63, 3.8) is 0 Å². The van der Waals surface area contributed by atoms with Crippen LogP contribution < -0.4 is 0 Å². The zero-order valence-corrected chi connectivity index (χ0v) is 8.89. The smallest absolute Gasteiger partial charge is 0.347 e. The lowest BCUT2D eigenvalue weighted by Crippen LogP contribution is -1.91. The second kappa shape index (κ2) is 4.17. The first kappa shape index (κ1) is 11.6. The maximum Gasteiger partial charge on any atom is 0.347 e. The molecule has 17 heavy (non-hydrogen) atoms. The van der Waals surface area contributed by atoms with Crippen molar-refractivity contribution < 1.29 is 23.1 Å². The first-order valence-corrected chi connectivity index (χ1v) is 5.14. The second-order valence-electron chi connectivity index (χ2n) is 3.08. The Labute approximate surface area is 97.2 Å². The average molecular weight is 259 g/mol. The molecule has 0 radical (unpaired) electrons. The lowest BCUT2D eigenvalue weighted by molar-refractivity contribution is 0.0702. The van der Waals surface area contributed by atoms with Gasteiger partial charge in [-0.25, -0.2) is 22.9 Å². The number of carboxylic acid groups (broad SMARTS) is 1. The van der Waals surface area contributed by atoms with Crippen molar-refractivity contribution in [2.75, 3.05) is 0 Å². The topological polar surface area (TPSA) is 50.2 Å². The molecule has 1 aromatic carbocycles. The number of carboxylic acids is 1. The third kappa shape index (κ3) is 2.14. The molecule has 0 fully saturated rings. The van der Waals surface area contributed by atoms with E-state index in [9.17, 15) is 18.0 Å². The lowest BCUT2D eigenvalue weighted by atomic mass is 10.2. The van der Waals surface area contributed by atoms with Crippen LogP contribution >= 0.6 is 11.3 Å². The van der Waals surface area contributed by atoms with E-state index in [2.05, 4.69) is 4.98 Å². The molecule has 0 amide bonds. The van der Waals surface area contributed by atoms with Gasteiger partial charge in [0, 0.05) is 12.1 Å². The summed E-state index contributed by atoms with van der Waals surface area (Å²) in [7, 11) is 0. The number of nitrogens with zero attached hydrogens (tertiary/aromatic N) is 1. The van der Waals surface area contributed by atoms with E-state index in [1.807, 2.05) is 0 Å². The van der Waals surface area contributed by atoms with E-state index in [1.54, 1.807) is 0 Å². The predicted molar refractivity (Wildman–Crippen MR) is 54.4 cm³/mol. The van der Waals surface area contributed by atoms with E-state index in [-0.39, 0.29) is 9.88 Å². The Morgan fingerprint density at radius 1 is 1.24 bits per heavy atom. The average Bonchev–Trinajstić information content (AvgIpc) is 2.65. The molecule has 1 N–H and O–H groups in total. The highest BCUT2D eigenvalue weighted by Crippen LogP contribution is 2.30. The van der Waals surface area contributed by atoms with Crippen molar-refractivity contribution in [1.29, 1.82) is 0 Å². The van der Waals surface area contributed by atoms with Gasteiger partial charge in [0.1, 0.15) is 27.3 Å². The zero-order chi connectivity index (χ0) is 12.6. The van der Waals surface area contributed by atoms with Gasteiger partial charge in [0.2, 0.25) is 0 Å². The molecule has 0 aliphatic heterocycles. The van der Waals surface area contributed by atoms with Crippen molar-refractivity contribution in [2.45, 2.75) is 0 Å². The third-order valence-electron chi connectivity index (χ3n) is 1.94. The minimum atomic E-state index is -1.24. The Morgan fingerprint density at radius 2 is 1.82 bits per heavy atom. The maximum absolute atomic E-state index is 13.3. The van der Waals surface area contributed by atoms with Crippen LogP contribution in [-0.4, -0.2) is 16.1 Å². The number of aromatic nitrogens is 1. The maximum atomic E-state index is 13.3. The van der Waals surface area contributed by atoms with Crippen molar-refractivity contribution in [2.24, 2.45) is 0 Å². The van der Waals surface area contributed by atoms with Crippen LogP contribution in [0.3, 0.4) is 0 Å². The Morgan fingerprint density at radius 3 is 2.29 bits per heavy atom. The van der Waals surface area contributed by atoms with Gasteiger partial charge in [-0.05, 0) is 0 Å². The van der Waals surface area contributed by atoms with Gasteiger partial charge in [-0.15, -0.1) is 11.3 Å². The van der Waals surface area contributed by atoms with Gasteiger partial charge >= 0.3 is 5.97 Å². The van der Waals surface area contributed by atoms with Crippen molar-refractivity contribution in [1.82, 2.24) is 4.98 Å². The number of halogens is 3. The molecule has 0 saturated heterocycles. The molecule has 7 heteroatoms. The van der Waals surface area contributed by atoms with Crippen molar-refractivity contribution >= 4 is 17.3 Å². The van der Waals surface area contributed by atoms with E-state index in [0.29, 0.717) is 23.5 Å². The molecule has 0 saturated carbocycles. The molecule has 0 spiro atoms. The van der Waals surface area contributed by atoms with Crippen LogP contribution in [0.1, 0.15) is 9.67 Å². The summed E-state index contributed by atoms with van der Waals surface area (Å²) in [4.78, 5) is 14.0. The number of hydrogen-bond acceptors (Lipinski definition) is 3. The fraction of sp³-hybridized carbons (Fsp3) is 0. The summed E-state index contributed by atoms with van der Waals surface area (Å²) in [5, 5.41) is 8.51. The van der Waals surface area contributed by atoms with Crippen molar-refractivity contribution in [3.8, 4) is 10.6 Å². The number of carbonyl (C=O) groups is 1. The summed E-state index contributed by atoms with van der Waals surface area (Å²) in [6.07, 6.45) is 0.991. The van der Waals surface area contributed by atoms with E-state index in [4.69, 9.17) is 5.11 Å². The van der Waals surface area contributed by atoms with E-state index in [0.717, 1.165) is 6.20 Å². The van der Waals surface area contributed by atoms with Gasteiger partial charge < -0.3 is 5.11 Å². The number of rotatable bonds is 2. The molecular formula is C10H4F3NO2S. The molecular weight excluding hydrogens is 255 g/mol. The molecule has 0 aliphatic rings. The van der Waals surface area contributed by atoms with Crippen LogP contribution in [0.4, 0.5) is 13.2 Å². The van der Waals surface area contributed by atoms with Crippen LogP contribution in [0.25, 0.3) is 10.6 Å². The highest BCUT2D eigenvalue weighted by Gasteiger charge is 2.18. The summed E-state index contributed by atoms with van der Waals surface area (Å²) in [5.74, 6) is -4.52. The Bertz CT molecular complexity index is 574. The molecule has 0 aliphatic carbocycles. The SMILES string of the molecule is O=C(O)c1cnc(-c2c(F)cc(F)cc2F)s1. The lowest BCUT2D eigenvalue weighted by Gasteiger charge is -2.00. The summed E-state index contributed by atoms with van der Waals surface area (Å²) >= 11 is 0.615. The summed E-state index contributed by atoms with van der Waals surface area (Å²) < 4.78 is 39.4. The molecule has 0 unspecified atom stereocenters. The number of aromatic carboxylic acids is 1. The monoisotopic (exact) mass is 259 g/mol. The number of hydrogen-bond donors (Lipinski definition) is 1. The minimum absolute atomic E-state index is 0.141. The first-order valence-electron chi connectivity index (χ1n) is 4.33. The van der Waals surface area contributed by atoms with Gasteiger partial charge in [0.05, 0.1) is 11.8 Å². The molecule has 88 valence electrons. The van der Waals surface area contributed by atoms with Crippen LogP contribution in [0, 0.1) is 17.5 Å². The van der Waals surface area contributed by atoms with Gasteiger partial charge in [-0.1, -0.05) is 0 Å². The number of thiazole rings is 1. The molecule has 2 rings (SSSR count). The van der Waals surface area contributed by atoms with Gasteiger partial charge in [0.25, 0.3) is 0 Å². The molecule has 2 aromatic rings. The third-order valence-corrected chi connectivity index (χ3v) is 2.94. The van der Waals surface area contributed by atoms with Gasteiger partial charge in [-0.3, -0.25) is 0 Å². The highest BCUT2D eigenvalue weighted by atomic mass is 32.1. The normalized spacial score (nSPS) is 10.5. The quantitative estimate of drug-likeness (QED) is 0.902. The van der Waals surface area contributed by atoms with E-state index >= 15 is 0 Å². The molecule has 3 nitrogen and oxygen atoms in total. The van der Waals surface area contributed by atoms with Crippen LogP contribution in [0.15, 0.2) is 18.3 Å². The predicted octanol–water partition coefficient (Wildman–Crippen LogP) is 2.93. The fourth-order valence-corrected chi connectivity index (χ4v) is 2.04. The molecule has 0 bridgehead atoms. The first-order chi connectivity index (χ1) is 7.99. The fourth-order valence-electron chi connectivity index (χ4n) is 1.24. The standard InChI is InChI=1S/C10H4F3NO2S/c11-4-1-5(12)8(6(13)2-4)9-14-3-7(17-9)10(15)16/h1-3H,(H,15,16). The molecule has 1 aromatic heterocycles. The van der Waals surface area contributed by atoms with E-state index in [1.165, 1.54) is 0 Å². The van der Waals surface area contributed by atoms with Crippen LogP contribution in [0.2, 0.25) is 0 Å². The zero-order valence-electron chi connectivity index (χ0n) is 8.08. The van der Waals surface area contributed by atoms with Gasteiger partial charge in [0.15, 0.2) is 0 Å². The Kier molecular flexibility index (Phi) is 2.84. The minimum Gasteiger partial charge on any atom is -0.477 e. The summed E-state index contributed by atoms with van der Waals surface area (Å²) in [6, 6.07) is 1.03. The summed E-state index contributed by atoms with van der Waals surface area (Å²) in [6.45, 7) is 0. The molecule has 1 heterocycles. The van der Waals surface area contributed by atoms with Crippen molar-refractivity contribution in [3.05, 3.63) is 40.7 Å². The van der Waals surface area contributed by atoms with Crippen LogP contribution in [-0.2, 0) is 0 Å². The second-order valence-corrected chi connectivity index (χ2v) is 4.11. The van der Waals surface area contributed by atoms with E-state index < -0.39 is 29.0 Å². The van der Waals surface area contributed by atoms with Gasteiger partial charge in [-0.2, -0.15) is 0 Å². The number of benzene rings is 1. The summed E-state index contributed by atoms with van der Waals surface area (Å²) in [5.41, 5.74) is -0.524. The Hall–Kier alpha value is -1.89. The van der Waals surface area contributed by atoms with Crippen LogP contribution in [0.5, 0.6) is 0 Å². The molecule has 0 atom stereocenters. The largest absolute Gasteiger partial charge is 0.477 e. The highest BCUT2D eigenvalue weighted by molar-refractivity contribution is 7.16. The Balaban J connectivity index is 2.56.